The monoisotopic (exact) mass is 314 g/mol. The highest BCUT2D eigenvalue weighted by Crippen LogP contribution is 2.17. The first-order chi connectivity index (χ1) is 11.1. The summed E-state index contributed by atoms with van der Waals surface area (Å²) in [6.45, 7) is 8.77. The Morgan fingerprint density at radius 1 is 1.17 bits per heavy atom. The Morgan fingerprint density at radius 2 is 1.91 bits per heavy atom. The summed E-state index contributed by atoms with van der Waals surface area (Å²) < 4.78 is 1.81. The lowest BCUT2D eigenvalue weighted by Crippen LogP contribution is -2.50. The number of nitrogens with zero attached hydrogens (tertiary/aromatic N) is 6. The van der Waals surface area contributed by atoms with E-state index >= 15 is 0 Å². The summed E-state index contributed by atoms with van der Waals surface area (Å²) in [6.07, 6.45) is 5.12. The Bertz CT molecular complexity index is 675. The fourth-order valence-electron chi connectivity index (χ4n) is 3.02. The predicted molar refractivity (Wildman–Crippen MR) is 87.2 cm³/mol. The molecule has 1 aliphatic rings. The van der Waals surface area contributed by atoms with E-state index in [9.17, 15) is 4.79 Å². The van der Waals surface area contributed by atoms with Crippen molar-refractivity contribution in [1.29, 1.82) is 0 Å². The summed E-state index contributed by atoms with van der Waals surface area (Å²) in [5, 5.41) is 4.43. The standard InChI is InChI=1S/C16H22N6O/c1-12-10-13(2)22(19-12)14(3)16(23)21-8-6-20(7-9-21)15-11-17-4-5-18-15/h4-5,10-11,14H,6-9H2,1-3H3/t14-/m0/s1. The molecule has 1 atom stereocenters. The Balaban J connectivity index is 1.63. The van der Waals surface area contributed by atoms with Crippen molar-refractivity contribution >= 4 is 11.7 Å². The zero-order chi connectivity index (χ0) is 16.4. The first-order valence-corrected chi connectivity index (χ1v) is 7.89. The van der Waals surface area contributed by atoms with E-state index in [0.29, 0.717) is 13.1 Å². The third-order valence-electron chi connectivity index (χ3n) is 4.23. The number of anilines is 1. The van der Waals surface area contributed by atoms with E-state index in [2.05, 4.69) is 20.0 Å². The number of carbonyl (C=O) groups excluding carboxylic acids is 1. The molecule has 2 aromatic rings. The van der Waals surface area contributed by atoms with Crippen molar-refractivity contribution in [2.45, 2.75) is 26.8 Å². The van der Waals surface area contributed by atoms with E-state index < -0.39 is 0 Å². The molecule has 0 aliphatic carbocycles. The van der Waals surface area contributed by atoms with Gasteiger partial charge in [-0.15, -0.1) is 0 Å². The average Bonchev–Trinajstić information content (AvgIpc) is 2.93. The molecule has 122 valence electrons. The van der Waals surface area contributed by atoms with Crippen LogP contribution in [0.2, 0.25) is 0 Å². The third-order valence-corrected chi connectivity index (χ3v) is 4.23. The summed E-state index contributed by atoms with van der Waals surface area (Å²) in [6, 6.07) is 1.72. The Labute approximate surface area is 135 Å². The van der Waals surface area contributed by atoms with Gasteiger partial charge in [-0.2, -0.15) is 5.10 Å². The number of rotatable bonds is 3. The topological polar surface area (TPSA) is 67.2 Å². The van der Waals surface area contributed by atoms with E-state index in [1.54, 1.807) is 18.6 Å². The smallest absolute Gasteiger partial charge is 0.247 e. The van der Waals surface area contributed by atoms with Gasteiger partial charge in [0.15, 0.2) is 0 Å². The second kappa shape index (κ2) is 6.36. The lowest BCUT2D eigenvalue weighted by molar-refractivity contribution is -0.134. The first-order valence-electron chi connectivity index (χ1n) is 7.89. The summed E-state index contributed by atoms with van der Waals surface area (Å²) in [4.78, 5) is 25.2. The quantitative estimate of drug-likeness (QED) is 0.851. The van der Waals surface area contributed by atoms with Crippen LogP contribution in [-0.4, -0.2) is 56.7 Å². The fourth-order valence-corrected chi connectivity index (χ4v) is 3.02. The zero-order valence-electron chi connectivity index (χ0n) is 13.8. The zero-order valence-corrected chi connectivity index (χ0v) is 13.8. The van der Waals surface area contributed by atoms with Crippen LogP contribution >= 0.6 is 0 Å². The number of aromatic nitrogens is 4. The van der Waals surface area contributed by atoms with Crippen LogP contribution in [0.15, 0.2) is 24.7 Å². The van der Waals surface area contributed by atoms with E-state index in [1.165, 1.54) is 0 Å². The predicted octanol–water partition coefficient (Wildman–Crippen LogP) is 1.20. The molecule has 0 unspecified atom stereocenters. The number of amides is 1. The van der Waals surface area contributed by atoms with Crippen molar-refractivity contribution in [2.75, 3.05) is 31.1 Å². The lowest BCUT2D eigenvalue weighted by atomic mass is 10.2. The van der Waals surface area contributed by atoms with Crippen LogP contribution in [0.4, 0.5) is 5.82 Å². The Hall–Kier alpha value is -2.44. The van der Waals surface area contributed by atoms with Gasteiger partial charge < -0.3 is 9.80 Å². The minimum Gasteiger partial charge on any atom is -0.352 e. The largest absolute Gasteiger partial charge is 0.352 e. The molecule has 23 heavy (non-hydrogen) atoms. The highest BCUT2D eigenvalue weighted by atomic mass is 16.2. The van der Waals surface area contributed by atoms with Crippen LogP contribution < -0.4 is 4.90 Å². The molecular weight excluding hydrogens is 292 g/mol. The fraction of sp³-hybridized carbons (Fsp3) is 0.500. The van der Waals surface area contributed by atoms with Gasteiger partial charge in [0, 0.05) is 44.3 Å². The average molecular weight is 314 g/mol. The molecule has 7 nitrogen and oxygen atoms in total. The van der Waals surface area contributed by atoms with Gasteiger partial charge in [-0.05, 0) is 26.8 Å². The van der Waals surface area contributed by atoms with Gasteiger partial charge in [0.05, 0.1) is 11.9 Å². The van der Waals surface area contributed by atoms with Crippen molar-refractivity contribution in [2.24, 2.45) is 0 Å². The first kappa shape index (κ1) is 15.5. The molecule has 3 rings (SSSR count). The van der Waals surface area contributed by atoms with Crippen LogP contribution in [0.3, 0.4) is 0 Å². The van der Waals surface area contributed by atoms with Gasteiger partial charge in [-0.25, -0.2) is 4.98 Å². The van der Waals surface area contributed by atoms with Crippen LogP contribution in [0.5, 0.6) is 0 Å². The van der Waals surface area contributed by atoms with Crippen molar-refractivity contribution < 1.29 is 4.79 Å². The minimum absolute atomic E-state index is 0.120. The van der Waals surface area contributed by atoms with Gasteiger partial charge >= 0.3 is 0 Å². The molecule has 7 heteroatoms. The Morgan fingerprint density at radius 3 is 2.48 bits per heavy atom. The summed E-state index contributed by atoms with van der Waals surface area (Å²) >= 11 is 0. The van der Waals surface area contributed by atoms with Crippen molar-refractivity contribution in [3.8, 4) is 0 Å². The maximum Gasteiger partial charge on any atom is 0.247 e. The number of carbonyl (C=O) groups is 1. The Kier molecular flexibility index (Phi) is 4.27. The number of piperazine rings is 1. The van der Waals surface area contributed by atoms with E-state index in [0.717, 1.165) is 30.3 Å². The van der Waals surface area contributed by atoms with Gasteiger partial charge in [-0.3, -0.25) is 14.5 Å². The van der Waals surface area contributed by atoms with Crippen LogP contribution in [0, 0.1) is 13.8 Å². The highest BCUT2D eigenvalue weighted by molar-refractivity contribution is 5.80. The molecule has 0 spiro atoms. The molecule has 1 saturated heterocycles. The molecule has 0 bridgehead atoms. The number of hydrogen-bond acceptors (Lipinski definition) is 5. The molecule has 1 aliphatic heterocycles. The lowest BCUT2D eigenvalue weighted by Gasteiger charge is -2.36. The van der Waals surface area contributed by atoms with Crippen LogP contribution in [-0.2, 0) is 4.79 Å². The van der Waals surface area contributed by atoms with Crippen molar-refractivity contribution in [3.63, 3.8) is 0 Å². The van der Waals surface area contributed by atoms with Crippen LogP contribution in [0.1, 0.15) is 24.4 Å². The van der Waals surface area contributed by atoms with Crippen LogP contribution in [0.25, 0.3) is 0 Å². The summed E-state index contributed by atoms with van der Waals surface area (Å²) in [5.74, 6) is 0.987. The van der Waals surface area contributed by atoms with Crippen molar-refractivity contribution in [1.82, 2.24) is 24.6 Å². The molecule has 3 heterocycles. The molecule has 0 N–H and O–H groups in total. The van der Waals surface area contributed by atoms with Gasteiger partial charge in [0.2, 0.25) is 5.91 Å². The second-order valence-electron chi connectivity index (χ2n) is 5.92. The summed E-state index contributed by atoms with van der Waals surface area (Å²) in [7, 11) is 0. The van der Waals surface area contributed by atoms with Crippen molar-refractivity contribution in [3.05, 3.63) is 36.0 Å². The summed E-state index contributed by atoms with van der Waals surface area (Å²) in [5.41, 5.74) is 1.95. The highest BCUT2D eigenvalue weighted by Gasteiger charge is 2.27. The number of hydrogen-bond donors (Lipinski definition) is 0. The van der Waals surface area contributed by atoms with E-state index in [1.807, 2.05) is 36.4 Å². The molecule has 1 fully saturated rings. The maximum atomic E-state index is 12.7. The van der Waals surface area contributed by atoms with Gasteiger partial charge in [-0.1, -0.05) is 0 Å². The van der Waals surface area contributed by atoms with Gasteiger partial charge in [0.25, 0.3) is 0 Å². The number of aryl methyl sites for hydroxylation is 2. The third kappa shape index (κ3) is 3.18. The maximum absolute atomic E-state index is 12.7. The molecule has 1 amide bonds. The second-order valence-corrected chi connectivity index (χ2v) is 5.92. The molecule has 0 radical (unpaired) electrons. The van der Waals surface area contributed by atoms with E-state index in [-0.39, 0.29) is 11.9 Å². The molecule has 0 aromatic carbocycles. The molecular formula is C16H22N6O. The minimum atomic E-state index is -0.272. The SMILES string of the molecule is Cc1cc(C)n([C@@H](C)C(=O)N2CCN(c3cnccn3)CC2)n1. The molecule has 2 aromatic heterocycles. The molecule has 0 saturated carbocycles. The normalized spacial score (nSPS) is 16.5. The van der Waals surface area contributed by atoms with E-state index in [4.69, 9.17) is 0 Å². The van der Waals surface area contributed by atoms with Gasteiger partial charge in [0.1, 0.15) is 11.9 Å².